The van der Waals surface area contributed by atoms with Gasteiger partial charge in [0, 0.05) is 45.1 Å². The lowest BCUT2D eigenvalue weighted by Crippen LogP contribution is -2.61. The van der Waals surface area contributed by atoms with Crippen LogP contribution in [0.2, 0.25) is 0 Å². The smallest absolute Gasteiger partial charge is 0.317 e. The Bertz CT molecular complexity index is 760. The third-order valence-corrected chi connectivity index (χ3v) is 6.38. The van der Waals surface area contributed by atoms with Crippen molar-refractivity contribution in [3.05, 3.63) is 24.5 Å². The number of ether oxygens (including phenoxy) is 2. The lowest BCUT2D eigenvalue weighted by atomic mass is 9.93. The lowest BCUT2D eigenvalue weighted by molar-refractivity contribution is -0.159. The van der Waals surface area contributed by atoms with E-state index in [-0.39, 0.29) is 36.2 Å². The second-order valence-electron chi connectivity index (χ2n) is 6.96. The minimum absolute atomic E-state index is 0.0677. The van der Waals surface area contributed by atoms with Gasteiger partial charge in [-0.25, -0.2) is 17.9 Å². The molecule has 2 N–H and O–H groups in total. The molecule has 0 radical (unpaired) electrons. The van der Waals surface area contributed by atoms with Crippen molar-refractivity contribution in [3.63, 3.8) is 0 Å². The quantitative estimate of drug-likeness (QED) is 0.692. The Kier molecular flexibility index (Phi) is 5.99. The molecule has 1 aromatic rings. The van der Waals surface area contributed by atoms with Gasteiger partial charge in [-0.2, -0.15) is 0 Å². The number of pyridine rings is 1. The molecule has 0 aliphatic carbocycles. The fraction of sp³-hybridized carbons (Fsp3) is 0.647. The standard InChI is InChI=1S/C17H26N4O5S/c1-13-11-21(12-17(26-13)5-9-25-14(17)2)16(22)19-7-8-20-27(23,24)15-4-3-6-18-10-15/h3-4,6,10,13-14,20H,5,7-9,11-12H2,1-2H3,(H,19,22). The summed E-state index contributed by atoms with van der Waals surface area (Å²) < 4.78 is 38.4. The first-order valence-corrected chi connectivity index (χ1v) is 10.5. The van der Waals surface area contributed by atoms with E-state index in [0.29, 0.717) is 19.7 Å². The van der Waals surface area contributed by atoms with Crippen molar-refractivity contribution in [3.8, 4) is 0 Å². The minimum atomic E-state index is -3.63. The van der Waals surface area contributed by atoms with Gasteiger partial charge < -0.3 is 19.7 Å². The van der Waals surface area contributed by atoms with Gasteiger partial charge in [-0.05, 0) is 26.0 Å². The van der Waals surface area contributed by atoms with Crippen LogP contribution in [0.1, 0.15) is 20.3 Å². The van der Waals surface area contributed by atoms with Gasteiger partial charge in [0.2, 0.25) is 10.0 Å². The number of aromatic nitrogens is 1. The summed E-state index contributed by atoms with van der Waals surface area (Å²) in [7, 11) is -3.63. The topological polar surface area (TPSA) is 110 Å². The highest BCUT2D eigenvalue weighted by Gasteiger charge is 2.48. The highest BCUT2D eigenvalue weighted by Crippen LogP contribution is 2.34. The maximum absolute atomic E-state index is 12.5. The van der Waals surface area contributed by atoms with Crippen LogP contribution in [0, 0.1) is 0 Å². The van der Waals surface area contributed by atoms with Gasteiger partial charge in [-0.1, -0.05) is 0 Å². The van der Waals surface area contributed by atoms with Gasteiger partial charge in [0.25, 0.3) is 0 Å². The van der Waals surface area contributed by atoms with Crippen molar-refractivity contribution in [2.75, 3.05) is 32.8 Å². The third kappa shape index (κ3) is 4.57. The van der Waals surface area contributed by atoms with E-state index < -0.39 is 15.6 Å². The molecule has 0 aromatic carbocycles. The van der Waals surface area contributed by atoms with Crippen LogP contribution in [0.3, 0.4) is 0 Å². The number of hydrogen-bond donors (Lipinski definition) is 2. The molecule has 0 bridgehead atoms. The van der Waals surface area contributed by atoms with E-state index in [1.54, 1.807) is 11.0 Å². The molecular formula is C17H26N4O5S. The first-order chi connectivity index (χ1) is 12.8. The number of rotatable bonds is 5. The normalized spacial score (nSPS) is 28.4. The fourth-order valence-electron chi connectivity index (χ4n) is 3.51. The number of hydrogen-bond acceptors (Lipinski definition) is 6. The number of sulfonamides is 1. The van der Waals surface area contributed by atoms with Crippen molar-refractivity contribution in [2.45, 2.75) is 43.0 Å². The molecular weight excluding hydrogens is 372 g/mol. The molecule has 3 rings (SSSR count). The molecule has 2 fully saturated rings. The van der Waals surface area contributed by atoms with Crippen LogP contribution in [0.25, 0.3) is 0 Å². The summed E-state index contributed by atoms with van der Waals surface area (Å²) in [5.41, 5.74) is -0.461. The Hall–Kier alpha value is -1.75. The molecule has 2 saturated heterocycles. The Labute approximate surface area is 159 Å². The van der Waals surface area contributed by atoms with E-state index in [1.807, 2.05) is 13.8 Å². The molecule has 3 heterocycles. The summed E-state index contributed by atoms with van der Waals surface area (Å²) in [6.45, 7) is 5.76. The molecule has 10 heteroatoms. The zero-order valence-electron chi connectivity index (χ0n) is 15.6. The van der Waals surface area contributed by atoms with Crippen LogP contribution in [0.15, 0.2) is 29.4 Å². The number of nitrogens with one attached hydrogen (secondary N) is 2. The van der Waals surface area contributed by atoms with Gasteiger partial charge in [-0.15, -0.1) is 0 Å². The lowest BCUT2D eigenvalue weighted by Gasteiger charge is -2.44. The maximum Gasteiger partial charge on any atom is 0.317 e. The van der Waals surface area contributed by atoms with Gasteiger partial charge in [-0.3, -0.25) is 4.98 Å². The van der Waals surface area contributed by atoms with Crippen molar-refractivity contribution in [1.29, 1.82) is 0 Å². The van der Waals surface area contributed by atoms with Crippen LogP contribution in [0.4, 0.5) is 4.79 Å². The van der Waals surface area contributed by atoms with Crippen molar-refractivity contribution in [1.82, 2.24) is 19.9 Å². The minimum Gasteiger partial charge on any atom is -0.375 e. The molecule has 2 aliphatic rings. The molecule has 0 saturated carbocycles. The average molecular weight is 398 g/mol. The summed E-state index contributed by atoms with van der Waals surface area (Å²) >= 11 is 0. The Morgan fingerprint density at radius 1 is 1.41 bits per heavy atom. The molecule has 2 aliphatic heterocycles. The summed E-state index contributed by atoms with van der Waals surface area (Å²) in [4.78, 5) is 18.1. The summed E-state index contributed by atoms with van der Waals surface area (Å²) in [5.74, 6) is 0. The van der Waals surface area contributed by atoms with E-state index in [2.05, 4.69) is 15.0 Å². The van der Waals surface area contributed by atoms with Crippen molar-refractivity contribution >= 4 is 16.1 Å². The van der Waals surface area contributed by atoms with E-state index in [4.69, 9.17) is 9.47 Å². The number of morpholine rings is 1. The van der Waals surface area contributed by atoms with Gasteiger partial charge in [0.15, 0.2) is 0 Å². The maximum atomic E-state index is 12.5. The summed E-state index contributed by atoms with van der Waals surface area (Å²) in [5, 5.41) is 2.77. The molecule has 2 amide bonds. The number of amides is 2. The SMILES string of the molecule is CC1CN(C(=O)NCCNS(=O)(=O)c2cccnc2)CC2(CCOC2C)O1. The first-order valence-electron chi connectivity index (χ1n) is 9.04. The van der Waals surface area contributed by atoms with Gasteiger partial charge >= 0.3 is 6.03 Å². The molecule has 1 spiro atoms. The molecule has 150 valence electrons. The van der Waals surface area contributed by atoms with Gasteiger partial charge in [0.05, 0.1) is 18.8 Å². The van der Waals surface area contributed by atoms with Crippen LogP contribution in [0.5, 0.6) is 0 Å². The molecule has 9 nitrogen and oxygen atoms in total. The van der Waals surface area contributed by atoms with Crippen LogP contribution in [-0.4, -0.2) is 74.9 Å². The molecule has 1 aromatic heterocycles. The van der Waals surface area contributed by atoms with E-state index in [9.17, 15) is 13.2 Å². The zero-order chi connectivity index (χ0) is 19.5. The Morgan fingerprint density at radius 3 is 2.89 bits per heavy atom. The summed E-state index contributed by atoms with van der Waals surface area (Å²) in [6, 6.07) is 2.79. The van der Waals surface area contributed by atoms with E-state index in [0.717, 1.165) is 6.42 Å². The second kappa shape index (κ2) is 8.09. The number of carbonyl (C=O) groups is 1. The first kappa shape index (κ1) is 20.0. The monoisotopic (exact) mass is 398 g/mol. The number of carbonyl (C=O) groups excluding carboxylic acids is 1. The Morgan fingerprint density at radius 2 is 2.22 bits per heavy atom. The molecule has 3 atom stereocenters. The van der Waals surface area contributed by atoms with Gasteiger partial charge in [0.1, 0.15) is 10.5 Å². The number of nitrogens with zero attached hydrogens (tertiary/aromatic N) is 2. The predicted octanol–water partition coefficient (Wildman–Crippen LogP) is 0.338. The predicted molar refractivity (Wildman–Crippen MR) is 97.7 cm³/mol. The highest BCUT2D eigenvalue weighted by molar-refractivity contribution is 7.89. The summed E-state index contributed by atoms with van der Waals surface area (Å²) in [6.07, 6.45) is 3.39. The Balaban J connectivity index is 1.49. The third-order valence-electron chi connectivity index (χ3n) is 4.93. The zero-order valence-corrected chi connectivity index (χ0v) is 16.4. The fourth-order valence-corrected chi connectivity index (χ4v) is 4.50. The van der Waals surface area contributed by atoms with Crippen molar-refractivity contribution < 1.29 is 22.7 Å². The van der Waals surface area contributed by atoms with E-state index in [1.165, 1.54) is 18.5 Å². The van der Waals surface area contributed by atoms with Crippen molar-refractivity contribution in [2.24, 2.45) is 0 Å². The highest BCUT2D eigenvalue weighted by atomic mass is 32.2. The molecule has 3 unspecified atom stereocenters. The largest absolute Gasteiger partial charge is 0.375 e. The average Bonchev–Trinajstić information content (AvgIpc) is 2.98. The molecule has 27 heavy (non-hydrogen) atoms. The second-order valence-corrected chi connectivity index (χ2v) is 8.72. The number of urea groups is 1. The van der Waals surface area contributed by atoms with Crippen LogP contribution in [-0.2, 0) is 19.5 Å². The van der Waals surface area contributed by atoms with E-state index >= 15 is 0 Å². The van der Waals surface area contributed by atoms with Crippen LogP contribution >= 0.6 is 0 Å². The van der Waals surface area contributed by atoms with Crippen LogP contribution < -0.4 is 10.0 Å².